The highest BCUT2D eigenvalue weighted by atomic mass is 16.5. The third kappa shape index (κ3) is 4.25. The molecule has 1 aromatic carbocycles. The van der Waals surface area contributed by atoms with E-state index in [1.54, 1.807) is 0 Å². The van der Waals surface area contributed by atoms with Crippen molar-refractivity contribution in [2.75, 3.05) is 6.54 Å². The average Bonchev–Trinajstić information content (AvgIpc) is 2.97. The Morgan fingerprint density at radius 1 is 1.39 bits per heavy atom. The minimum atomic E-state index is -0.0376. The van der Waals surface area contributed by atoms with Crippen molar-refractivity contribution >= 4 is 5.91 Å². The Bertz CT molecular complexity index is 532. The largest absolute Gasteiger partial charge is 0.489 e. The predicted octanol–water partition coefficient (Wildman–Crippen LogP) is 2.80. The summed E-state index contributed by atoms with van der Waals surface area (Å²) in [6.45, 7) is 4.58. The fourth-order valence-corrected chi connectivity index (χ4v) is 3.85. The van der Waals surface area contributed by atoms with Crippen LogP contribution < -0.4 is 15.4 Å². The fourth-order valence-electron chi connectivity index (χ4n) is 3.85. The third-order valence-corrected chi connectivity index (χ3v) is 5.07. The van der Waals surface area contributed by atoms with Crippen LogP contribution in [0.1, 0.15) is 44.6 Å². The summed E-state index contributed by atoms with van der Waals surface area (Å²) in [5, 5.41) is 6.56. The molecule has 0 bridgehead atoms. The molecule has 3 rings (SSSR count). The maximum Gasteiger partial charge on any atom is 0.237 e. The van der Waals surface area contributed by atoms with Crippen molar-refractivity contribution in [3.63, 3.8) is 0 Å². The molecule has 126 valence electrons. The van der Waals surface area contributed by atoms with Gasteiger partial charge in [-0.25, -0.2) is 0 Å². The SMILES string of the molecule is Cc1cccc(OC(C)CNC(=O)C2CC3CCCCC3N2)c1. The normalized spacial score (nSPS) is 28.0. The molecular weight excluding hydrogens is 288 g/mol. The number of rotatable bonds is 5. The quantitative estimate of drug-likeness (QED) is 0.878. The van der Waals surface area contributed by atoms with Gasteiger partial charge in [0.25, 0.3) is 0 Å². The van der Waals surface area contributed by atoms with Crippen LogP contribution in [0.4, 0.5) is 0 Å². The van der Waals surface area contributed by atoms with Gasteiger partial charge in [0.15, 0.2) is 0 Å². The average molecular weight is 316 g/mol. The van der Waals surface area contributed by atoms with E-state index < -0.39 is 0 Å². The van der Waals surface area contributed by atoms with Crippen molar-refractivity contribution in [1.29, 1.82) is 0 Å². The highest BCUT2D eigenvalue weighted by molar-refractivity contribution is 5.82. The van der Waals surface area contributed by atoms with Gasteiger partial charge in [-0.1, -0.05) is 25.0 Å². The lowest BCUT2D eigenvalue weighted by atomic mass is 9.85. The first-order chi connectivity index (χ1) is 11.1. The molecular formula is C19H28N2O2. The summed E-state index contributed by atoms with van der Waals surface area (Å²) in [5.74, 6) is 1.68. The summed E-state index contributed by atoms with van der Waals surface area (Å²) in [7, 11) is 0. The number of benzene rings is 1. The van der Waals surface area contributed by atoms with Crippen molar-refractivity contribution in [3.8, 4) is 5.75 Å². The number of ether oxygens (including phenoxy) is 1. The molecule has 1 saturated carbocycles. The molecule has 1 aliphatic heterocycles. The molecule has 0 spiro atoms. The van der Waals surface area contributed by atoms with E-state index in [0.717, 1.165) is 12.2 Å². The van der Waals surface area contributed by atoms with Crippen molar-refractivity contribution in [2.45, 2.75) is 64.1 Å². The van der Waals surface area contributed by atoms with Crippen LogP contribution in [0.5, 0.6) is 5.75 Å². The summed E-state index contributed by atoms with van der Waals surface area (Å²) >= 11 is 0. The van der Waals surface area contributed by atoms with Crippen LogP contribution in [-0.2, 0) is 4.79 Å². The number of hydrogen-bond donors (Lipinski definition) is 2. The van der Waals surface area contributed by atoms with E-state index in [1.807, 2.05) is 38.1 Å². The minimum absolute atomic E-state index is 0.0192. The van der Waals surface area contributed by atoms with Gasteiger partial charge in [0.2, 0.25) is 5.91 Å². The van der Waals surface area contributed by atoms with Crippen molar-refractivity contribution < 1.29 is 9.53 Å². The molecule has 2 N–H and O–H groups in total. The van der Waals surface area contributed by atoms with Crippen LogP contribution in [0.2, 0.25) is 0 Å². The van der Waals surface area contributed by atoms with Crippen LogP contribution in [-0.4, -0.2) is 30.6 Å². The summed E-state index contributed by atoms with van der Waals surface area (Å²) in [4.78, 5) is 12.4. The first-order valence-corrected chi connectivity index (χ1v) is 8.89. The van der Waals surface area contributed by atoms with Gasteiger partial charge in [0.1, 0.15) is 11.9 Å². The summed E-state index contributed by atoms with van der Waals surface area (Å²) in [5.41, 5.74) is 1.18. The lowest BCUT2D eigenvalue weighted by molar-refractivity contribution is -0.123. The molecule has 4 unspecified atom stereocenters. The Labute approximate surface area is 139 Å². The summed E-state index contributed by atoms with van der Waals surface area (Å²) in [6.07, 6.45) is 6.06. The van der Waals surface area contributed by atoms with Gasteiger partial charge in [-0.2, -0.15) is 0 Å². The molecule has 4 atom stereocenters. The van der Waals surface area contributed by atoms with Gasteiger partial charge in [0.05, 0.1) is 12.6 Å². The van der Waals surface area contributed by atoms with Crippen LogP contribution in [0.25, 0.3) is 0 Å². The van der Waals surface area contributed by atoms with Crippen LogP contribution in [0.15, 0.2) is 24.3 Å². The molecule has 4 heteroatoms. The Kier molecular flexibility index (Phi) is 5.21. The number of carbonyl (C=O) groups is 1. The van der Waals surface area contributed by atoms with Crippen LogP contribution >= 0.6 is 0 Å². The zero-order valence-electron chi connectivity index (χ0n) is 14.2. The molecule has 2 fully saturated rings. The second-order valence-electron chi connectivity index (χ2n) is 7.10. The van der Waals surface area contributed by atoms with Gasteiger partial charge >= 0.3 is 0 Å². The number of carbonyl (C=O) groups excluding carboxylic acids is 1. The lowest BCUT2D eigenvalue weighted by Gasteiger charge is -2.24. The molecule has 1 aliphatic carbocycles. The summed E-state index contributed by atoms with van der Waals surface area (Å²) < 4.78 is 5.87. The predicted molar refractivity (Wildman–Crippen MR) is 91.6 cm³/mol. The van der Waals surface area contributed by atoms with E-state index in [2.05, 4.69) is 10.6 Å². The Morgan fingerprint density at radius 3 is 3.00 bits per heavy atom. The lowest BCUT2D eigenvalue weighted by Crippen LogP contribution is -2.45. The molecule has 0 aromatic heterocycles. The Hall–Kier alpha value is -1.55. The highest BCUT2D eigenvalue weighted by Gasteiger charge is 2.38. The Balaban J connectivity index is 1.43. The van der Waals surface area contributed by atoms with E-state index >= 15 is 0 Å². The third-order valence-electron chi connectivity index (χ3n) is 5.07. The maximum atomic E-state index is 12.4. The van der Waals surface area contributed by atoms with Crippen molar-refractivity contribution in [1.82, 2.24) is 10.6 Å². The van der Waals surface area contributed by atoms with Gasteiger partial charge in [-0.05, 0) is 56.7 Å². The first kappa shape index (κ1) is 16.3. The zero-order chi connectivity index (χ0) is 16.2. The first-order valence-electron chi connectivity index (χ1n) is 8.89. The van der Waals surface area contributed by atoms with Gasteiger partial charge < -0.3 is 15.4 Å². The summed E-state index contributed by atoms with van der Waals surface area (Å²) in [6, 6.07) is 8.54. The van der Waals surface area contributed by atoms with Crippen LogP contribution in [0.3, 0.4) is 0 Å². The maximum absolute atomic E-state index is 12.4. The monoisotopic (exact) mass is 316 g/mol. The molecule has 0 radical (unpaired) electrons. The van der Waals surface area contributed by atoms with Crippen LogP contribution in [0, 0.1) is 12.8 Å². The molecule has 4 nitrogen and oxygen atoms in total. The number of fused-ring (bicyclic) bond motifs is 1. The molecule has 1 aromatic rings. The van der Waals surface area contributed by atoms with E-state index in [1.165, 1.54) is 31.2 Å². The van der Waals surface area contributed by atoms with Crippen molar-refractivity contribution in [2.24, 2.45) is 5.92 Å². The van der Waals surface area contributed by atoms with Gasteiger partial charge in [0, 0.05) is 6.04 Å². The minimum Gasteiger partial charge on any atom is -0.489 e. The van der Waals surface area contributed by atoms with E-state index in [4.69, 9.17) is 4.74 Å². The van der Waals surface area contributed by atoms with Gasteiger partial charge in [-0.3, -0.25) is 4.79 Å². The second-order valence-corrected chi connectivity index (χ2v) is 7.10. The smallest absolute Gasteiger partial charge is 0.237 e. The molecule has 1 saturated heterocycles. The van der Waals surface area contributed by atoms with E-state index in [9.17, 15) is 4.79 Å². The van der Waals surface area contributed by atoms with Crippen molar-refractivity contribution in [3.05, 3.63) is 29.8 Å². The number of hydrogen-bond acceptors (Lipinski definition) is 3. The van der Waals surface area contributed by atoms with E-state index in [0.29, 0.717) is 18.5 Å². The van der Waals surface area contributed by atoms with Gasteiger partial charge in [-0.15, -0.1) is 0 Å². The fraction of sp³-hybridized carbons (Fsp3) is 0.632. The second kappa shape index (κ2) is 7.35. The number of nitrogens with one attached hydrogen (secondary N) is 2. The van der Waals surface area contributed by atoms with E-state index in [-0.39, 0.29) is 18.1 Å². The molecule has 23 heavy (non-hydrogen) atoms. The number of amides is 1. The topological polar surface area (TPSA) is 50.4 Å². The molecule has 1 heterocycles. The Morgan fingerprint density at radius 2 is 2.22 bits per heavy atom. The highest BCUT2D eigenvalue weighted by Crippen LogP contribution is 2.33. The number of aryl methyl sites for hydroxylation is 1. The zero-order valence-corrected chi connectivity index (χ0v) is 14.2. The molecule has 1 amide bonds. The standard InChI is InChI=1S/C19H28N2O2/c1-13-6-5-8-16(10-13)23-14(2)12-20-19(22)18-11-15-7-3-4-9-17(15)21-18/h5-6,8,10,14-15,17-18,21H,3-4,7,9,11-12H2,1-2H3,(H,20,22). The molecule has 2 aliphatic rings.